The largest absolute Gasteiger partial charge is 0.480 e. The van der Waals surface area contributed by atoms with Crippen molar-refractivity contribution in [3.05, 3.63) is 29.8 Å². The van der Waals surface area contributed by atoms with Gasteiger partial charge in [-0.15, -0.1) is 11.8 Å². The van der Waals surface area contributed by atoms with Crippen LogP contribution in [0.2, 0.25) is 0 Å². The molecular formula is C15H21F2NO2S. The Balaban J connectivity index is 2.76. The molecule has 2 atom stereocenters. The van der Waals surface area contributed by atoms with E-state index in [0.29, 0.717) is 11.3 Å². The molecule has 1 aromatic rings. The van der Waals surface area contributed by atoms with Gasteiger partial charge < -0.3 is 5.11 Å². The number of benzene rings is 1. The Labute approximate surface area is 128 Å². The number of thioether (sulfide) groups is 1. The van der Waals surface area contributed by atoms with Crippen molar-refractivity contribution < 1.29 is 18.7 Å². The number of hydrogen-bond donors (Lipinski definition) is 2. The van der Waals surface area contributed by atoms with Gasteiger partial charge in [0.25, 0.3) is 0 Å². The summed E-state index contributed by atoms with van der Waals surface area (Å²) in [6, 6.07) is 3.73. The van der Waals surface area contributed by atoms with Crippen LogP contribution in [0.4, 0.5) is 8.78 Å². The minimum absolute atomic E-state index is 0.0339. The highest BCUT2D eigenvalue weighted by Crippen LogP contribution is 2.30. The molecule has 21 heavy (non-hydrogen) atoms. The second kappa shape index (κ2) is 7.22. The lowest BCUT2D eigenvalue weighted by molar-refractivity contribution is -0.144. The van der Waals surface area contributed by atoms with Crippen molar-refractivity contribution in [3.63, 3.8) is 0 Å². The third-order valence-corrected chi connectivity index (χ3v) is 4.10. The van der Waals surface area contributed by atoms with E-state index in [9.17, 15) is 18.7 Å². The summed E-state index contributed by atoms with van der Waals surface area (Å²) < 4.78 is 26.1. The zero-order chi connectivity index (χ0) is 16.2. The maximum atomic E-state index is 13.2. The molecule has 0 aliphatic rings. The molecule has 0 aliphatic heterocycles. The van der Waals surface area contributed by atoms with Gasteiger partial charge in [-0.2, -0.15) is 0 Å². The standard InChI is InChI=1S/C15H21F2NO2S/c1-9(2)18-15(4,14(19)20)8-10(3)21-11-5-6-12(16)13(17)7-11/h5-7,9-10,18H,8H2,1-4H3,(H,19,20). The summed E-state index contributed by atoms with van der Waals surface area (Å²) in [4.78, 5) is 12.0. The average Bonchev–Trinajstić information content (AvgIpc) is 2.32. The Bertz CT molecular complexity index is 510. The second-order valence-electron chi connectivity index (χ2n) is 5.64. The first-order chi connectivity index (χ1) is 9.64. The van der Waals surface area contributed by atoms with Crippen molar-refractivity contribution in [1.82, 2.24) is 5.32 Å². The van der Waals surface area contributed by atoms with Crippen molar-refractivity contribution in [2.24, 2.45) is 0 Å². The number of nitrogens with one attached hydrogen (secondary N) is 1. The first kappa shape index (κ1) is 17.9. The molecule has 0 spiro atoms. The molecule has 1 rings (SSSR count). The monoisotopic (exact) mass is 317 g/mol. The number of carbonyl (C=O) groups is 1. The molecule has 2 unspecified atom stereocenters. The molecule has 0 aromatic heterocycles. The smallest absolute Gasteiger partial charge is 0.323 e. The summed E-state index contributed by atoms with van der Waals surface area (Å²) in [5.74, 6) is -2.70. The Morgan fingerprint density at radius 3 is 2.43 bits per heavy atom. The minimum Gasteiger partial charge on any atom is -0.480 e. The third kappa shape index (κ3) is 5.28. The number of halogens is 2. The number of carboxylic acid groups (broad SMARTS) is 1. The van der Waals surface area contributed by atoms with Gasteiger partial charge in [0, 0.05) is 16.2 Å². The predicted octanol–water partition coefficient (Wildman–Crippen LogP) is 3.68. The van der Waals surface area contributed by atoms with E-state index < -0.39 is 23.1 Å². The second-order valence-corrected chi connectivity index (χ2v) is 7.16. The number of carboxylic acids is 1. The van der Waals surface area contributed by atoms with Crippen LogP contribution in [-0.4, -0.2) is 27.9 Å². The minimum atomic E-state index is -1.06. The van der Waals surface area contributed by atoms with E-state index >= 15 is 0 Å². The van der Waals surface area contributed by atoms with Crippen molar-refractivity contribution in [3.8, 4) is 0 Å². The zero-order valence-corrected chi connectivity index (χ0v) is 13.4. The lowest BCUT2D eigenvalue weighted by Crippen LogP contribution is -2.53. The molecule has 0 aliphatic carbocycles. The van der Waals surface area contributed by atoms with Gasteiger partial charge in [-0.05, 0) is 45.4 Å². The number of hydrogen-bond acceptors (Lipinski definition) is 3. The Hall–Kier alpha value is -1.14. The lowest BCUT2D eigenvalue weighted by atomic mass is 9.95. The Kier molecular flexibility index (Phi) is 6.16. The van der Waals surface area contributed by atoms with Gasteiger partial charge >= 0.3 is 5.97 Å². The highest BCUT2D eigenvalue weighted by molar-refractivity contribution is 7.99. The molecule has 1 aromatic carbocycles. The molecule has 0 bridgehead atoms. The first-order valence-corrected chi connectivity index (χ1v) is 7.65. The fourth-order valence-electron chi connectivity index (χ4n) is 2.24. The summed E-state index contributed by atoms with van der Waals surface area (Å²) in [7, 11) is 0. The van der Waals surface area contributed by atoms with Crippen LogP contribution in [0.3, 0.4) is 0 Å². The van der Waals surface area contributed by atoms with E-state index in [1.807, 2.05) is 20.8 Å². The fourth-order valence-corrected chi connectivity index (χ4v) is 3.44. The van der Waals surface area contributed by atoms with Crippen molar-refractivity contribution in [1.29, 1.82) is 0 Å². The first-order valence-electron chi connectivity index (χ1n) is 6.77. The summed E-state index contributed by atoms with van der Waals surface area (Å²) in [5.41, 5.74) is -1.06. The quantitative estimate of drug-likeness (QED) is 0.753. The average molecular weight is 317 g/mol. The van der Waals surface area contributed by atoms with Gasteiger partial charge in [0.15, 0.2) is 11.6 Å². The maximum absolute atomic E-state index is 13.2. The van der Waals surface area contributed by atoms with E-state index in [1.165, 1.54) is 17.8 Å². The van der Waals surface area contributed by atoms with Crippen LogP contribution in [0, 0.1) is 11.6 Å². The van der Waals surface area contributed by atoms with Crippen molar-refractivity contribution in [2.75, 3.05) is 0 Å². The highest BCUT2D eigenvalue weighted by atomic mass is 32.2. The van der Waals surface area contributed by atoms with Crippen LogP contribution in [0.5, 0.6) is 0 Å². The van der Waals surface area contributed by atoms with Crippen LogP contribution in [0.15, 0.2) is 23.1 Å². The fraction of sp³-hybridized carbons (Fsp3) is 0.533. The van der Waals surface area contributed by atoms with Gasteiger partial charge in [0.2, 0.25) is 0 Å². The molecule has 0 amide bonds. The molecule has 118 valence electrons. The van der Waals surface area contributed by atoms with Gasteiger partial charge in [0.05, 0.1) is 0 Å². The van der Waals surface area contributed by atoms with Gasteiger partial charge in [-0.3, -0.25) is 10.1 Å². The summed E-state index contributed by atoms with van der Waals surface area (Å²) >= 11 is 1.33. The lowest BCUT2D eigenvalue weighted by Gasteiger charge is -2.31. The van der Waals surface area contributed by atoms with Crippen molar-refractivity contribution >= 4 is 17.7 Å². The van der Waals surface area contributed by atoms with E-state index in [1.54, 1.807) is 6.92 Å². The topological polar surface area (TPSA) is 49.3 Å². The van der Waals surface area contributed by atoms with E-state index in [0.717, 1.165) is 12.1 Å². The number of rotatable bonds is 7. The van der Waals surface area contributed by atoms with Gasteiger partial charge in [-0.1, -0.05) is 6.92 Å². The van der Waals surface area contributed by atoms with Gasteiger partial charge in [-0.25, -0.2) is 8.78 Å². The van der Waals surface area contributed by atoms with E-state index in [-0.39, 0.29) is 11.3 Å². The number of aliphatic carboxylic acids is 1. The normalized spacial score (nSPS) is 15.8. The molecule has 0 fully saturated rings. The molecule has 2 N–H and O–H groups in total. The molecule has 0 saturated heterocycles. The van der Waals surface area contributed by atoms with Crippen LogP contribution in [-0.2, 0) is 4.79 Å². The predicted molar refractivity (Wildman–Crippen MR) is 80.6 cm³/mol. The SMILES string of the molecule is CC(C)NC(C)(CC(C)Sc1ccc(F)c(F)c1)C(=O)O. The van der Waals surface area contributed by atoms with E-state index in [2.05, 4.69) is 5.32 Å². The van der Waals surface area contributed by atoms with Crippen LogP contribution < -0.4 is 5.32 Å². The maximum Gasteiger partial charge on any atom is 0.323 e. The summed E-state index contributed by atoms with van der Waals surface area (Å²) in [6.07, 6.45) is 0.365. The van der Waals surface area contributed by atoms with Crippen LogP contribution in [0.25, 0.3) is 0 Å². The van der Waals surface area contributed by atoms with Crippen LogP contribution >= 0.6 is 11.8 Å². The van der Waals surface area contributed by atoms with E-state index in [4.69, 9.17) is 0 Å². The summed E-state index contributed by atoms with van der Waals surface area (Å²) in [5, 5.41) is 12.4. The van der Waals surface area contributed by atoms with Crippen LogP contribution in [0.1, 0.15) is 34.1 Å². The molecule has 6 heteroatoms. The Morgan fingerprint density at radius 1 is 1.33 bits per heavy atom. The van der Waals surface area contributed by atoms with Gasteiger partial charge in [0.1, 0.15) is 5.54 Å². The molecule has 0 heterocycles. The molecule has 0 saturated carbocycles. The third-order valence-electron chi connectivity index (χ3n) is 3.00. The molecular weight excluding hydrogens is 296 g/mol. The highest BCUT2D eigenvalue weighted by Gasteiger charge is 2.35. The van der Waals surface area contributed by atoms with Crippen molar-refractivity contribution in [2.45, 2.75) is 55.8 Å². The molecule has 3 nitrogen and oxygen atoms in total. The Morgan fingerprint density at radius 2 is 1.95 bits per heavy atom. The zero-order valence-electron chi connectivity index (χ0n) is 12.6. The molecule has 0 radical (unpaired) electrons. The summed E-state index contributed by atoms with van der Waals surface area (Å²) in [6.45, 7) is 7.27.